The Hall–Kier alpha value is -1.39. The number of hydrogen-bond donors (Lipinski definition) is 1. The maximum Gasteiger partial charge on any atom is 0.246 e. The lowest BCUT2D eigenvalue weighted by Gasteiger charge is -2.29. The van der Waals surface area contributed by atoms with Crippen LogP contribution in [0.2, 0.25) is 0 Å². The van der Waals surface area contributed by atoms with Crippen molar-refractivity contribution in [3.63, 3.8) is 0 Å². The van der Waals surface area contributed by atoms with Gasteiger partial charge in [0.05, 0.1) is 12.7 Å². The van der Waals surface area contributed by atoms with Crippen molar-refractivity contribution in [2.24, 2.45) is 5.73 Å². The molecule has 106 valence electrons. The van der Waals surface area contributed by atoms with Crippen molar-refractivity contribution in [3.05, 3.63) is 35.9 Å². The van der Waals surface area contributed by atoms with Gasteiger partial charge >= 0.3 is 0 Å². The summed E-state index contributed by atoms with van der Waals surface area (Å²) in [5.41, 5.74) is 5.99. The number of likely N-dealkylation sites (N-methyl/N-ethyl adjacent to an activating group) is 1. The van der Waals surface area contributed by atoms with Crippen molar-refractivity contribution in [2.75, 3.05) is 20.2 Å². The highest BCUT2D eigenvalue weighted by Gasteiger charge is 2.32. The lowest BCUT2D eigenvalue weighted by atomic mass is 9.92. The highest BCUT2D eigenvalue weighted by atomic mass is 16.5. The molecule has 0 aliphatic rings. The molecule has 0 radical (unpaired) electrons. The molecule has 0 aliphatic heterocycles. The molecule has 0 fully saturated rings. The maximum atomic E-state index is 12.4. The van der Waals surface area contributed by atoms with Gasteiger partial charge in [-0.15, -0.1) is 0 Å². The predicted molar refractivity (Wildman–Crippen MR) is 76.7 cm³/mol. The van der Waals surface area contributed by atoms with Crippen molar-refractivity contribution >= 4 is 5.91 Å². The summed E-state index contributed by atoms with van der Waals surface area (Å²) >= 11 is 0. The van der Waals surface area contributed by atoms with Crippen LogP contribution in [0.1, 0.15) is 26.3 Å². The molecule has 4 heteroatoms. The quantitative estimate of drug-likeness (QED) is 0.851. The van der Waals surface area contributed by atoms with E-state index >= 15 is 0 Å². The molecular formula is C15H24N2O2. The summed E-state index contributed by atoms with van der Waals surface area (Å²) in [5, 5.41) is 0. The van der Waals surface area contributed by atoms with Crippen LogP contribution >= 0.6 is 0 Å². The van der Waals surface area contributed by atoms with Crippen molar-refractivity contribution in [1.29, 1.82) is 0 Å². The number of carbonyl (C=O) groups is 1. The molecule has 0 saturated heterocycles. The molecule has 1 rings (SSSR count). The van der Waals surface area contributed by atoms with Gasteiger partial charge in [0.2, 0.25) is 5.91 Å². The number of carbonyl (C=O) groups excluding carboxylic acids is 1. The molecule has 0 aliphatic carbocycles. The largest absolute Gasteiger partial charge is 0.377 e. The first-order valence-electron chi connectivity index (χ1n) is 6.57. The van der Waals surface area contributed by atoms with Crippen molar-refractivity contribution in [2.45, 2.75) is 32.4 Å². The second-order valence-electron chi connectivity index (χ2n) is 5.21. The first-order chi connectivity index (χ1) is 8.85. The molecule has 4 nitrogen and oxygen atoms in total. The summed E-state index contributed by atoms with van der Waals surface area (Å²) in [6.45, 7) is 6.74. The van der Waals surface area contributed by atoms with E-state index in [1.807, 2.05) is 44.2 Å². The molecule has 2 N–H and O–H groups in total. The minimum Gasteiger partial charge on any atom is -0.377 e. The molecule has 1 atom stereocenters. The fourth-order valence-corrected chi connectivity index (χ4v) is 1.83. The number of ether oxygens (including phenoxy) is 1. The van der Waals surface area contributed by atoms with Gasteiger partial charge < -0.3 is 15.4 Å². The standard InChI is InChI=1S/C15H24N2O2/c1-12(2)19-11-10-17(4)14(18)15(3,16)13-8-6-5-7-9-13/h5-9,12H,10-11,16H2,1-4H3. The van der Waals surface area contributed by atoms with Gasteiger partial charge in [-0.2, -0.15) is 0 Å². The third kappa shape index (κ3) is 4.33. The fourth-order valence-electron chi connectivity index (χ4n) is 1.83. The summed E-state index contributed by atoms with van der Waals surface area (Å²) in [6, 6.07) is 9.42. The van der Waals surface area contributed by atoms with Crippen LogP contribution in [0.25, 0.3) is 0 Å². The predicted octanol–water partition coefficient (Wildman–Crippen LogP) is 1.74. The normalized spacial score (nSPS) is 14.2. The minimum absolute atomic E-state index is 0.106. The van der Waals surface area contributed by atoms with Gasteiger partial charge in [-0.1, -0.05) is 30.3 Å². The van der Waals surface area contributed by atoms with Gasteiger partial charge in [0.1, 0.15) is 5.54 Å². The Morgan fingerprint density at radius 2 is 1.95 bits per heavy atom. The number of rotatable bonds is 6. The number of hydrogen-bond acceptors (Lipinski definition) is 3. The smallest absolute Gasteiger partial charge is 0.246 e. The van der Waals surface area contributed by atoms with Gasteiger partial charge in [-0.25, -0.2) is 0 Å². The summed E-state index contributed by atoms with van der Waals surface area (Å²) < 4.78 is 5.45. The Balaban J connectivity index is 2.65. The molecule has 0 spiro atoms. The molecule has 0 aromatic heterocycles. The van der Waals surface area contributed by atoms with E-state index in [1.54, 1.807) is 18.9 Å². The maximum absolute atomic E-state index is 12.4. The van der Waals surface area contributed by atoms with E-state index in [0.717, 1.165) is 5.56 Å². The number of amides is 1. The number of benzene rings is 1. The monoisotopic (exact) mass is 264 g/mol. The zero-order valence-electron chi connectivity index (χ0n) is 12.2. The Morgan fingerprint density at radius 3 is 2.47 bits per heavy atom. The van der Waals surface area contributed by atoms with Crippen molar-refractivity contribution in [3.8, 4) is 0 Å². The number of nitrogens with two attached hydrogens (primary N) is 1. The molecule has 19 heavy (non-hydrogen) atoms. The third-order valence-corrected chi connectivity index (χ3v) is 3.04. The molecule has 0 bridgehead atoms. The average Bonchev–Trinajstić information content (AvgIpc) is 2.38. The Morgan fingerprint density at radius 1 is 1.37 bits per heavy atom. The van der Waals surface area contributed by atoms with Crippen LogP contribution < -0.4 is 5.73 Å². The van der Waals surface area contributed by atoms with E-state index in [1.165, 1.54) is 0 Å². The topological polar surface area (TPSA) is 55.6 Å². The van der Waals surface area contributed by atoms with Gasteiger partial charge in [0.25, 0.3) is 0 Å². The Kier molecular flexibility index (Phi) is 5.51. The SMILES string of the molecule is CC(C)OCCN(C)C(=O)C(C)(N)c1ccccc1. The summed E-state index contributed by atoms with van der Waals surface area (Å²) in [5.74, 6) is -0.106. The van der Waals surface area contributed by atoms with Crippen molar-refractivity contribution in [1.82, 2.24) is 4.90 Å². The lowest BCUT2D eigenvalue weighted by Crippen LogP contribution is -2.50. The highest BCUT2D eigenvalue weighted by molar-refractivity contribution is 5.86. The van der Waals surface area contributed by atoms with Crippen LogP contribution in [0.5, 0.6) is 0 Å². The zero-order valence-corrected chi connectivity index (χ0v) is 12.2. The van der Waals surface area contributed by atoms with Gasteiger partial charge in [0, 0.05) is 13.6 Å². The van der Waals surface area contributed by atoms with Crippen LogP contribution in [-0.4, -0.2) is 37.1 Å². The van der Waals surface area contributed by atoms with E-state index in [9.17, 15) is 4.79 Å². The van der Waals surface area contributed by atoms with Crippen LogP contribution in [0.4, 0.5) is 0 Å². The van der Waals surface area contributed by atoms with E-state index in [4.69, 9.17) is 10.5 Å². The summed E-state index contributed by atoms with van der Waals surface area (Å²) in [6.07, 6.45) is 0.168. The average molecular weight is 264 g/mol. The first-order valence-corrected chi connectivity index (χ1v) is 6.57. The summed E-state index contributed by atoms with van der Waals surface area (Å²) in [7, 11) is 1.75. The molecule has 1 unspecified atom stereocenters. The van der Waals surface area contributed by atoms with Crippen LogP contribution in [0.3, 0.4) is 0 Å². The fraction of sp³-hybridized carbons (Fsp3) is 0.533. The van der Waals surface area contributed by atoms with Gasteiger partial charge in [0.15, 0.2) is 0 Å². The van der Waals surface area contributed by atoms with Crippen molar-refractivity contribution < 1.29 is 9.53 Å². The molecule has 1 aromatic rings. The van der Waals surface area contributed by atoms with E-state index < -0.39 is 5.54 Å². The third-order valence-electron chi connectivity index (χ3n) is 3.04. The zero-order chi connectivity index (χ0) is 14.5. The molecule has 1 aromatic carbocycles. The van der Waals surface area contributed by atoms with Gasteiger partial charge in [-0.3, -0.25) is 4.79 Å². The van der Waals surface area contributed by atoms with Gasteiger partial charge in [-0.05, 0) is 26.3 Å². The van der Waals surface area contributed by atoms with E-state index in [2.05, 4.69) is 0 Å². The number of nitrogens with zero attached hydrogens (tertiary/aromatic N) is 1. The minimum atomic E-state index is -1.01. The van der Waals surface area contributed by atoms with E-state index in [0.29, 0.717) is 13.2 Å². The molecular weight excluding hydrogens is 240 g/mol. The molecule has 0 heterocycles. The Labute approximate surface area is 115 Å². The van der Waals surface area contributed by atoms with Crippen LogP contribution in [0.15, 0.2) is 30.3 Å². The highest BCUT2D eigenvalue weighted by Crippen LogP contribution is 2.19. The second-order valence-corrected chi connectivity index (χ2v) is 5.21. The van der Waals surface area contributed by atoms with E-state index in [-0.39, 0.29) is 12.0 Å². The summed E-state index contributed by atoms with van der Waals surface area (Å²) in [4.78, 5) is 14.0. The molecule has 1 amide bonds. The lowest BCUT2D eigenvalue weighted by molar-refractivity contribution is -0.136. The Bertz CT molecular complexity index is 402. The van der Waals surface area contributed by atoms with Crippen LogP contribution in [0, 0.1) is 0 Å². The molecule has 0 saturated carbocycles. The van der Waals surface area contributed by atoms with Crippen LogP contribution in [-0.2, 0) is 15.1 Å². The first kappa shape index (κ1) is 15.7. The second kappa shape index (κ2) is 6.68.